The molecule has 1 aromatic carbocycles. The summed E-state index contributed by atoms with van der Waals surface area (Å²) in [5.41, 5.74) is 0. The van der Waals surface area contributed by atoms with E-state index in [1.807, 2.05) is 12.1 Å². The van der Waals surface area contributed by atoms with E-state index < -0.39 is 6.10 Å². The molecule has 0 bridgehead atoms. The Morgan fingerprint density at radius 1 is 1.30 bits per heavy atom. The summed E-state index contributed by atoms with van der Waals surface area (Å²) in [6.07, 6.45) is 1.52. The van der Waals surface area contributed by atoms with Gasteiger partial charge in [0.15, 0.2) is 0 Å². The van der Waals surface area contributed by atoms with Gasteiger partial charge in [0.25, 0.3) is 0 Å². The minimum Gasteiger partial charge on any atom is -0.489 e. The van der Waals surface area contributed by atoms with Gasteiger partial charge in [-0.2, -0.15) is 0 Å². The van der Waals surface area contributed by atoms with E-state index in [2.05, 4.69) is 12.2 Å². The number of rotatable bonds is 10. The van der Waals surface area contributed by atoms with Crippen LogP contribution in [0.4, 0.5) is 0 Å². The molecule has 0 radical (unpaired) electrons. The van der Waals surface area contributed by atoms with Gasteiger partial charge in [-0.3, -0.25) is 0 Å². The van der Waals surface area contributed by atoms with Gasteiger partial charge in [0.1, 0.15) is 18.5 Å². The van der Waals surface area contributed by atoms with Gasteiger partial charge in [-0.25, -0.2) is 0 Å². The number of hydrogen-bond acceptors (Lipinski definition) is 4. The van der Waals surface area contributed by atoms with Crippen LogP contribution in [-0.4, -0.2) is 44.1 Å². The van der Waals surface area contributed by atoms with E-state index in [4.69, 9.17) is 21.1 Å². The van der Waals surface area contributed by atoms with Crippen LogP contribution in [0.25, 0.3) is 0 Å². The van der Waals surface area contributed by atoms with Crippen LogP contribution >= 0.6 is 11.6 Å². The Bertz CT molecular complexity index is 370. The van der Waals surface area contributed by atoms with Crippen LogP contribution in [0.1, 0.15) is 19.8 Å². The minimum absolute atomic E-state index is 0.211. The topological polar surface area (TPSA) is 50.7 Å². The van der Waals surface area contributed by atoms with Crippen molar-refractivity contribution in [1.29, 1.82) is 0 Å². The van der Waals surface area contributed by atoms with Crippen molar-refractivity contribution in [2.75, 3.05) is 26.9 Å². The first kappa shape index (κ1) is 17.2. The summed E-state index contributed by atoms with van der Waals surface area (Å²) in [4.78, 5) is 0. The summed E-state index contributed by atoms with van der Waals surface area (Å²) in [5, 5.41) is 13.8. The van der Waals surface area contributed by atoms with Gasteiger partial charge in [-0.05, 0) is 18.6 Å². The molecule has 0 spiro atoms. The Morgan fingerprint density at radius 2 is 2.05 bits per heavy atom. The minimum atomic E-state index is -0.581. The molecule has 2 unspecified atom stereocenters. The second kappa shape index (κ2) is 10.00. The molecule has 0 aliphatic rings. The zero-order chi connectivity index (χ0) is 14.8. The largest absolute Gasteiger partial charge is 0.489 e. The maximum absolute atomic E-state index is 9.92. The molecule has 2 atom stereocenters. The number of para-hydroxylation sites is 1. The zero-order valence-corrected chi connectivity index (χ0v) is 12.9. The number of benzene rings is 1. The number of ether oxygens (including phenoxy) is 2. The van der Waals surface area contributed by atoms with Gasteiger partial charge in [0.05, 0.1) is 11.6 Å². The number of methoxy groups -OCH3 is 1. The molecule has 0 amide bonds. The van der Waals surface area contributed by atoms with E-state index in [1.54, 1.807) is 19.2 Å². The van der Waals surface area contributed by atoms with Gasteiger partial charge in [0, 0.05) is 19.7 Å². The van der Waals surface area contributed by atoms with Crippen molar-refractivity contribution in [2.24, 2.45) is 0 Å². The molecular weight excluding hydrogens is 278 g/mol. The highest BCUT2D eigenvalue weighted by molar-refractivity contribution is 6.32. The molecule has 0 saturated heterocycles. The first-order chi connectivity index (χ1) is 9.67. The maximum atomic E-state index is 9.92. The average molecular weight is 302 g/mol. The van der Waals surface area contributed by atoms with Crippen molar-refractivity contribution in [3.05, 3.63) is 29.3 Å². The molecule has 0 aliphatic carbocycles. The van der Waals surface area contributed by atoms with Crippen molar-refractivity contribution in [2.45, 2.75) is 31.9 Å². The molecule has 1 rings (SSSR count). The molecule has 0 aliphatic heterocycles. The van der Waals surface area contributed by atoms with Crippen LogP contribution in [0.15, 0.2) is 24.3 Å². The summed E-state index contributed by atoms with van der Waals surface area (Å²) < 4.78 is 10.6. The lowest BCUT2D eigenvalue weighted by molar-refractivity contribution is 0.0947. The zero-order valence-electron chi connectivity index (χ0n) is 12.1. The van der Waals surface area contributed by atoms with E-state index in [0.717, 1.165) is 12.8 Å². The lowest BCUT2D eigenvalue weighted by Gasteiger charge is -2.20. The Hall–Kier alpha value is -0.810. The van der Waals surface area contributed by atoms with Crippen molar-refractivity contribution in [3.63, 3.8) is 0 Å². The molecule has 1 aromatic rings. The third-order valence-corrected chi connectivity index (χ3v) is 3.23. The van der Waals surface area contributed by atoms with Crippen LogP contribution in [-0.2, 0) is 4.74 Å². The van der Waals surface area contributed by atoms with E-state index in [1.165, 1.54) is 0 Å². The molecule has 0 aromatic heterocycles. The van der Waals surface area contributed by atoms with Crippen LogP contribution in [0, 0.1) is 0 Å². The highest BCUT2D eigenvalue weighted by atomic mass is 35.5. The highest BCUT2D eigenvalue weighted by Gasteiger charge is 2.11. The van der Waals surface area contributed by atoms with Gasteiger partial charge >= 0.3 is 0 Å². The summed E-state index contributed by atoms with van der Waals surface area (Å²) >= 11 is 5.98. The summed E-state index contributed by atoms with van der Waals surface area (Å²) in [6, 6.07) is 7.50. The third kappa shape index (κ3) is 6.57. The quantitative estimate of drug-likeness (QED) is 0.697. The van der Waals surface area contributed by atoms with E-state index in [9.17, 15) is 5.11 Å². The van der Waals surface area contributed by atoms with Crippen molar-refractivity contribution >= 4 is 11.6 Å². The first-order valence-corrected chi connectivity index (χ1v) is 7.32. The average Bonchev–Trinajstić information content (AvgIpc) is 2.44. The fraction of sp³-hybridized carbons (Fsp3) is 0.600. The van der Waals surface area contributed by atoms with Crippen LogP contribution in [0.5, 0.6) is 5.75 Å². The fourth-order valence-corrected chi connectivity index (χ4v) is 2.09. The summed E-state index contributed by atoms with van der Waals surface area (Å²) in [6.45, 7) is 3.45. The van der Waals surface area contributed by atoms with Crippen LogP contribution in [0.2, 0.25) is 5.02 Å². The molecule has 0 fully saturated rings. The SMILES string of the molecule is CCCC(COC)NCC(O)COc1ccccc1Cl. The Balaban J connectivity index is 2.29. The molecule has 0 saturated carbocycles. The van der Waals surface area contributed by atoms with Crippen LogP contribution in [0.3, 0.4) is 0 Å². The maximum Gasteiger partial charge on any atom is 0.138 e. The Morgan fingerprint density at radius 3 is 2.70 bits per heavy atom. The first-order valence-electron chi connectivity index (χ1n) is 6.95. The molecule has 20 heavy (non-hydrogen) atoms. The predicted molar refractivity (Wildman–Crippen MR) is 81.5 cm³/mol. The van der Waals surface area contributed by atoms with E-state index >= 15 is 0 Å². The molecule has 114 valence electrons. The lowest BCUT2D eigenvalue weighted by atomic mass is 10.2. The molecule has 4 nitrogen and oxygen atoms in total. The Labute approximate surface area is 126 Å². The molecular formula is C15H24ClNO3. The second-order valence-corrected chi connectivity index (χ2v) is 5.15. The number of hydrogen-bond donors (Lipinski definition) is 2. The number of halogens is 1. The summed E-state index contributed by atoms with van der Waals surface area (Å²) in [7, 11) is 1.68. The number of nitrogens with one attached hydrogen (secondary N) is 1. The third-order valence-electron chi connectivity index (χ3n) is 2.92. The van der Waals surface area contributed by atoms with Gasteiger partial charge in [-0.1, -0.05) is 37.1 Å². The number of aliphatic hydroxyl groups is 1. The second-order valence-electron chi connectivity index (χ2n) is 4.74. The monoisotopic (exact) mass is 301 g/mol. The van der Waals surface area contributed by atoms with Gasteiger partial charge in [0.2, 0.25) is 0 Å². The van der Waals surface area contributed by atoms with E-state index in [-0.39, 0.29) is 12.6 Å². The molecule has 2 N–H and O–H groups in total. The van der Waals surface area contributed by atoms with Crippen molar-refractivity contribution in [3.8, 4) is 5.75 Å². The normalized spacial score (nSPS) is 14.0. The van der Waals surface area contributed by atoms with Crippen LogP contribution < -0.4 is 10.1 Å². The standard InChI is InChI=1S/C15H24ClNO3/c1-3-6-12(10-19-2)17-9-13(18)11-20-15-8-5-4-7-14(15)16/h4-5,7-8,12-13,17-18H,3,6,9-11H2,1-2H3. The smallest absolute Gasteiger partial charge is 0.138 e. The van der Waals surface area contributed by atoms with Crippen molar-refractivity contribution in [1.82, 2.24) is 5.32 Å². The Kier molecular flexibility index (Phi) is 8.62. The van der Waals surface area contributed by atoms with E-state index in [0.29, 0.717) is 23.9 Å². The fourth-order valence-electron chi connectivity index (χ4n) is 1.90. The molecule has 5 heteroatoms. The summed E-state index contributed by atoms with van der Waals surface area (Å²) in [5.74, 6) is 0.593. The lowest BCUT2D eigenvalue weighted by Crippen LogP contribution is -2.40. The van der Waals surface area contributed by atoms with Crippen molar-refractivity contribution < 1.29 is 14.6 Å². The van der Waals surface area contributed by atoms with Gasteiger partial charge in [-0.15, -0.1) is 0 Å². The molecule has 0 heterocycles. The van der Waals surface area contributed by atoms with Gasteiger partial charge < -0.3 is 19.9 Å². The predicted octanol–water partition coefficient (Wildman–Crippen LogP) is 2.48. The number of aliphatic hydroxyl groups excluding tert-OH is 1. The highest BCUT2D eigenvalue weighted by Crippen LogP contribution is 2.23.